The van der Waals surface area contributed by atoms with Gasteiger partial charge in [-0.2, -0.15) is 5.10 Å². The number of piperazine rings is 1. The first-order valence-corrected chi connectivity index (χ1v) is 13.9. The zero-order chi connectivity index (χ0) is 27.6. The molecular weight excluding hydrogens is 524 g/mol. The molecule has 1 saturated heterocycles. The van der Waals surface area contributed by atoms with Gasteiger partial charge in [-0.25, -0.2) is 4.98 Å². The number of carbonyl (C=O) groups is 1. The second kappa shape index (κ2) is 11.1. The molecule has 0 spiro atoms. The molecule has 1 amide bonds. The van der Waals surface area contributed by atoms with Gasteiger partial charge < -0.3 is 20.1 Å². The minimum Gasteiger partial charge on any atom is -0.367 e. The van der Waals surface area contributed by atoms with Crippen molar-refractivity contribution in [2.45, 2.75) is 20.4 Å². The lowest BCUT2D eigenvalue weighted by Crippen LogP contribution is -2.49. The summed E-state index contributed by atoms with van der Waals surface area (Å²) >= 11 is 6.37. The molecule has 0 aliphatic carbocycles. The summed E-state index contributed by atoms with van der Waals surface area (Å²) in [6, 6.07) is 14.0. The Kier molecular flexibility index (Phi) is 7.23. The number of fused-ring (bicyclic) bond motifs is 1. The Bertz CT molecular complexity index is 1670. The van der Waals surface area contributed by atoms with Crippen molar-refractivity contribution in [3.05, 3.63) is 82.9 Å². The Balaban J connectivity index is 1.21. The van der Waals surface area contributed by atoms with E-state index in [0.717, 1.165) is 45.8 Å². The number of aromatic nitrogens is 5. The number of hydrogen-bond acceptors (Lipinski definition) is 6. The fraction of sp³-hybridized carbons (Fsp3) is 0.267. The van der Waals surface area contributed by atoms with Crippen LogP contribution in [0.2, 0.25) is 5.02 Å². The van der Waals surface area contributed by atoms with Crippen LogP contribution in [0.5, 0.6) is 0 Å². The molecule has 1 fully saturated rings. The van der Waals surface area contributed by atoms with Crippen molar-refractivity contribution in [3.63, 3.8) is 0 Å². The van der Waals surface area contributed by atoms with Gasteiger partial charge in [0.15, 0.2) is 5.82 Å². The van der Waals surface area contributed by atoms with Crippen LogP contribution in [0.3, 0.4) is 0 Å². The van der Waals surface area contributed by atoms with Crippen molar-refractivity contribution >= 4 is 34.1 Å². The van der Waals surface area contributed by atoms with E-state index in [1.165, 1.54) is 11.1 Å². The van der Waals surface area contributed by atoms with Crippen LogP contribution in [0.1, 0.15) is 28.5 Å². The highest BCUT2D eigenvalue weighted by atomic mass is 35.5. The van der Waals surface area contributed by atoms with Crippen molar-refractivity contribution in [2.75, 3.05) is 37.6 Å². The van der Waals surface area contributed by atoms with E-state index in [9.17, 15) is 4.79 Å². The number of carbonyl (C=O) groups excluding carboxylic acids is 1. The molecule has 9 nitrogen and oxygen atoms in total. The van der Waals surface area contributed by atoms with Gasteiger partial charge >= 0.3 is 0 Å². The topological polar surface area (TPSA) is 106 Å². The largest absolute Gasteiger partial charge is 0.367 e. The first kappa shape index (κ1) is 26.0. The Morgan fingerprint density at radius 3 is 2.70 bits per heavy atom. The van der Waals surface area contributed by atoms with Gasteiger partial charge in [0, 0.05) is 56.1 Å². The first-order valence-electron chi connectivity index (χ1n) is 13.5. The summed E-state index contributed by atoms with van der Waals surface area (Å²) in [5.41, 5.74) is 7.52. The zero-order valence-corrected chi connectivity index (χ0v) is 23.3. The lowest BCUT2D eigenvalue weighted by molar-refractivity contribution is 0.0741. The second-order valence-corrected chi connectivity index (χ2v) is 10.4. The van der Waals surface area contributed by atoms with Gasteiger partial charge in [-0.3, -0.25) is 14.9 Å². The smallest absolute Gasteiger partial charge is 0.272 e. The standard InChI is InChI=1S/C30H31ClN8O/c1-3-32-15-21-16-33-17-23(19(21)2)20-8-9-25-22(14-20)28(37-36-25)29-34-18-26(35-29)30(40)39-12-10-38(11-13-39)27-7-5-4-6-24(27)31/h4-9,14,16-18,32H,3,10-13,15H2,1-2H3,(H,34,35)(H,36,37). The molecule has 0 atom stereocenters. The summed E-state index contributed by atoms with van der Waals surface area (Å²) in [5.74, 6) is 0.481. The molecule has 5 aromatic rings. The number of nitrogens with one attached hydrogen (secondary N) is 3. The average Bonchev–Trinajstić information content (AvgIpc) is 3.64. The number of hydrogen-bond donors (Lipinski definition) is 3. The number of nitrogens with zero attached hydrogens (tertiary/aromatic N) is 5. The number of H-pyrrole nitrogens is 2. The number of para-hydroxylation sites is 1. The zero-order valence-electron chi connectivity index (χ0n) is 22.5. The molecule has 204 valence electrons. The Morgan fingerprint density at radius 1 is 1.07 bits per heavy atom. The lowest BCUT2D eigenvalue weighted by atomic mass is 9.98. The predicted octanol–water partition coefficient (Wildman–Crippen LogP) is 5.05. The van der Waals surface area contributed by atoms with E-state index in [1.807, 2.05) is 47.6 Å². The number of benzene rings is 2. The highest BCUT2D eigenvalue weighted by Gasteiger charge is 2.25. The van der Waals surface area contributed by atoms with Gasteiger partial charge in [-0.05, 0) is 54.4 Å². The van der Waals surface area contributed by atoms with Crippen LogP contribution in [0.15, 0.2) is 61.1 Å². The van der Waals surface area contributed by atoms with Crippen LogP contribution in [0, 0.1) is 6.92 Å². The number of aromatic amines is 2. The minimum atomic E-state index is -0.0720. The molecule has 1 aliphatic heterocycles. The fourth-order valence-electron chi connectivity index (χ4n) is 5.24. The maximum Gasteiger partial charge on any atom is 0.272 e. The predicted molar refractivity (Wildman–Crippen MR) is 159 cm³/mol. The van der Waals surface area contributed by atoms with Crippen LogP contribution in [0.4, 0.5) is 5.69 Å². The highest BCUT2D eigenvalue weighted by Crippen LogP contribution is 2.32. The monoisotopic (exact) mass is 554 g/mol. The molecule has 6 rings (SSSR count). The molecule has 4 heterocycles. The van der Waals surface area contributed by atoms with Gasteiger partial charge in [-0.1, -0.05) is 36.7 Å². The van der Waals surface area contributed by atoms with E-state index in [1.54, 1.807) is 6.20 Å². The fourth-order valence-corrected chi connectivity index (χ4v) is 5.49. The highest BCUT2D eigenvalue weighted by molar-refractivity contribution is 6.33. The van der Waals surface area contributed by atoms with E-state index >= 15 is 0 Å². The van der Waals surface area contributed by atoms with E-state index in [4.69, 9.17) is 11.6 Å². The third-order valence-electron chi connectivity index (χ3n) is 7.55. The molecule has 3 N–H and O–H groups in total. The number of anilines is 1. The van der Waals surface area contributed by atoms with Crippen molar-refractivity contribution in [1.82, 2.24) is 35.4 Å². The lowest BCUT2D eigenvalue weighted by Gasteiger charge is -2.36. The van der Waals surface area contributed by atoms with E-state index in [-0.39, 0.29) is 5.91 Å². The van der Waals surface area contributed by atoms with Gasteiger partial charge in [-0.15, -0.1) is 0 Å². The maximum atomic E-state index is 13.3. The molecule has 0 bridgehead atoms. The van der Waals surface area contributed by atoms with E-state index in [0.29, 0.717) is 43.4 Å². The summed E-state index contributed by atoms with van der Waals surface area (Å²) in [4.78, 5) is 29.6. The molecule has 40 heavy (non-hydrogen) atoms. The summed E-state index contributed by atoms with van der Waals surface area (Å²) in [5, 5.41) is 12.7. The molecule has 1 aliphatic rings. The van der Waals surface area contributed by atoms with E-state index < -0.39 is 0 Å². The van der Waals surface area contributed by atoms with Gasteiger partial charge in [0.1, 0.15) is 11.4 Å². The third kappa shape index (κ3) is 4.94. The van der Waals surface area contributed by atoms with Gasteiger partial charge in [0.2, 0.25) is 0 Å². The number of amides is 1. The van der Waals surface area contributed by atoms with E-state index in [2.05, 4.69) is 61.3 Å². The molecular formula is C30H31ClN8O. The van der Waals surface area contributed by atoms with Crippen LogP contribution < -0.4 is 10.2 Å². The number of imidazole rings is 1. The van der Waals surface area contributed by atoms with Crippen molar-refractivity contribution in [3.8, 4) is 22.6 Å². The third-order valence-corrected chi connectivity index (χ3v) is 7.87. The number of halogens is 1. The Morgan fingerprint density at radius 2 is 1.90 bits per heavy atom. The first-order chi connectivity index (χ1) is 19.5. The SMILES string of the molecule is CCNCc1cncc(-c2ccc3[nH]nc(-c4ncc(C(=O)N5CCN(c6ccccc6Cl)CC5)[nH]4)c3c2)c1C. The van der Waals surface area contributed by atoms with Crippen molar-refractivity contribution in [1.29, 1.82) is 0 Å². The minimum absolute atomic E-state index is 0.0720. The maximum absolute atomic E-state index is 13.3. The van der Waals surface area contributed by atoms with Crippen LogP contribution >= 0.6 is 11.6 Å². The quantitative estimate of drug-likeness (QED) is 0.260. The normalized spacial score (nSPS) is 13.8. The molecule has 0 saturated carbocycles. The van der Waals surface area contributed by atoms with Crippen LogP contribution in [0.25, 0.3) is 33.5 Å². The summed E-state index contributed by atoms with van der Waals surface area (Å²) < 4.78 is 0. The van der Waals surface area contributed by atoms with Crippen LogP contribution in [-0.4, -0.2) is 68.7 Å². The van der Waals surface area contributed by atoms with Gasteiger partial charge in [0.25, 0.3) is 5.91 Å². The molecule has 2 aromatic carbocycles. The second-order valence-electron chi connectivity index (χ2n) is 9.96. The summed E-state index contributed by atoms with van der Waals surface area (Å²) in [6.45, 7) is 8.54. The molecule has 3 aromatic heterocycles. The van der Waals surface area contributed by atoms with Crippen molar-refractivity contribution in [2.24, 2.45) is 0 Å². The summed E-state index contributed by atoms with van der Waals surface area (Å²) in [7, 11) is 0. The Labute approximate surface area is 237 Å². The van der Waals surface area contributed by atoms with Gasteiger partial charge in [0.05, 0.1) is 22.4 Å². The Hall–Kier alpha value is -4.21. The molecule has 0 radical (unpaired) electrons. The number of pyridine rings is 1. The van der Waals surface area contributed by atoms with Crippen molar-refractivity contribution < 1.29 is 4.79 Å². The molecule has 10 heteroatoms. The number of rotatable bonds is 7. The summed E-state index contributed by atoms with van der Waals surface area (Å²) in [6.07, 6.45) is 5.42. The average molecular weight is 555 g/mol. The van der Waals surface area contributed by atoms with Crippen LogP contribution in [-0.2, 0) is 6.54 Å². The molecule has 0 unspecified atom stereocenters.